The lowest BCUT2D eigenvalue weighted by Gasteiger charge is -2.17. The first-order chi connectivity index (χ1) is 16.0. The summed E-state index contributed by atoms with van der Waals surface area (Å²) in [5, 5.41) is 3.65. The monoisotopic (exact) mass is 463 g/mol. The molecule has 1 N–H and O–H groups in total. The number of aromatic nitrogens is 2. The molecule has 0 saturated heterocycles. The smallest absolute Gasteiger partial charge is 0.251 e. The molecule has 0 aliphatic carbocycles. The number of hydrogen-bond donors (Lipinski definition) is 1. The summed E-state index contributed by atoms with van der Waals surface area (Å²) in [4.78, 5) is 17.5. The molecule has 170 valence electrons. The number of methoxy groups -OCH3 is 1. The summed E-state index contributed by atoms with van der Waals surface area (Å²) < 4.78 is 13.3. The predicted molar refractivity (Wildman–Crippen MR) is 130 cm³/mol. The lowest BCUT2D eigenvalue weighted by molar-refractivity contribution is 0.0937. The van der Waals surface area contributed by atoms with Crippen LogP contribution in [0, 0.1) is 0 Å². The third-order valence-electron chi connectivity index (χ3n) is 5.36. The molecule has 3 aromatic carbocycles. The molecule has 0 radical (unpaired) electrons. The van der Waals surface area contributed by atoms with Gasteiger partial charge in [-0.3, -0.25) is 4.79 Å². The Kier molecular flexibility index (Phi) is 7.15. The lowest BCUT2D eigenvalue weighted by atomic mass is 10.2. The quantitative estimate of drug-likeness (QED) is 0.325. The first-order valence-corrected chi connectivity index (χ1v) is 11.2. The fraction of sp³-hybridized carbons (Fsp3) is 0.231. The van der Waals surface area contributed by atoms with Gasteiger partial charge in [0.25, 0.3) is 5.91 Å². The first-order valence-electron chi connectivity index (χ1n) is 10.8. The summed E-state index contributed by atoms with van der Waals surface area (Å²) in [7, 11) is 1.64. The second kappa shape index (κ2) is 10.4. The van der Waals surface area contributed by atoms with Gasteiger partial charge in [-0.2, -0.15) is 0 Å². The van der Waals surface area contributed by atoms with Gasteiger partial charge in [0.05, 0.1) is 30.8 Å². The normalized spacial score (nSPS) is 11.8. The molecule has 0 aliphatic rings. The van der Waals surface area contributed by atoms with Gasteiger partial charge in [-0.25, -0.2) is 4.98 Å². The molecule has 1 unspecified atom stereocenters. The SMILES string of the molecule is COc1cccc(OCCCn2c(C(C)NC(=O)c3ccc(Cl)cc3)nc3ccccc32)c1. The molecule has 1 atom stereocenters. The molecule has 33 heavy (non-hydrogen) atoms. The summed E-state index contributed by atoms with van der Waals surface area (Å²) in [5.41, 5.74) is 2.48. The molecule has 0 spiro atoms. The van der Waals surface area contributed by atoms with Crippen LogP contribution in [-0.2, 0) is 6.54 Å². The Morgan fingerprint density at radius 1 is 1.06 bits per heavy atom. The highest BCUT2D eigenvalue weighted by molar-refractivity contribution is 6.30. The Labute approximate surface area is 198 Å². The maximum atomic E-state index is 12.7. The number of benzene rings is 3. The molecule has 1 aromatic heterocycles. The Morgan fingerprint density at radius 3 is 2.61 bits per heavy atom. The first kappa shape index (κ1) is 22.7. The van der Waals surface area contributed by atoms with Crippen LogP contribution in [0.25, 0.3) is 11.0 Å². The van der Waals surface area contributed by atoms with E-state index in [4.69, 9.17) is 26.1 Å². The van der Waals surface area contributed by atoms with E-state index in [1.807, 2.05) is 55.5 Å². The van der Waals surface area contributed by atoms with Crippen molar-refractivity contribution in [3.05, 3.63) is 89.2 Å². The molecule has 4 rings (SSSR count). The molecule has 0 fully saturated rings. The summed E-state index contributed by atoms with van der Waals surface area (Å²) in [6.07, 6.45) is 0.780. The molecule has 6 nitrogen and oxygen atoms in total. The number of carbonyl (C=O) groups excluding carboxylic acids is 1. The maximum Gasteiger partial charge on any atom is 0.251 e. The second-order valence-electron chi connectivity index (χ2n) is 7.69. The zero-order valence-corrected chi connectivity index (χ0v) is 19.4. The van der Waals surface area contributed by atoms with Gasteiger partial charge in [-0.15, -0.1) is 0 Å². The van der Waals surface area contributed by atoms with Gasteiger partial charge in [0.2, 0.25) is 0 Å². The third-order valence-corrected chi connectivity index (χ3v) is 5.61. The van der Waals surface area contributed by atoms with Crippen LogP contribution in [0.3, 0.4) is 0 Å². The number of amides is 1. The van der Waals surface area contributed by atoms with Crippen LogP contribution in [-0.4, -0.2) is 29.2 Å². The molecule has 4 aromatic rings. The highest BCUT2D eigenvalue weighted by atomic mass is 35.5. The minimum Gasteiger partial charge on any atom is -0.497 e. The van der Waals surface area contributed by atoms with E-state index in [0.717, 1.165) is 34.8 Å². The van der Waals surface area contributed by atoms with Gasteiger partial charge in [0.15, 0.2) is 0 Å². The van der Waals surface area contributed by atoms with Gasteiger partial charge in [-0.1, -0.05) is 29.8 Å². The number of para-hydroxylation sites is 2. The summed E-state index contributed by atoms with van der Waals surface area (Å²) in [6.45, 7) is 3.20. The molecular weight excluding hydrogens is 438 g/mol. The summed E-state index contributed by atoms with van der Waals surface area (Å²) >= 11 is 5.94. The van der Waals surface area contributed by atoms with Crippen molar-refractivity contribution in [1.29, 1.82) is 0 Å². The van der Waals surface area contributed by atoms with Crippen molar-refractivity contribution < 1.29 is 14.3 Å². The van der Waals surface area contributed by atoms with Crippen LogP contribution in [0.4, 0.5) is 0 Å². The van der Waals surface area contributed by atoms with E-state index < -0.39 is 0 Å². The van der Waals surface area contributed by atoms with E-state index in [0.29, 0.717) is 23.7 Å². The summed E-state index contributed by atoms with van der Waals surface area (Å²) in [5.74, 6) is 2.17. The van der Waals surface area contributed by atoms with Crippen LogP contribution < -0.4 is 14.8 Å². The molecule has 0 saturated carbocycles. The lowest BCUT2D eigenvalue weighted by Crippen LogP contribution is -2.28. The van der Waals surface area contributed by atoms with E-state index >= 15 is 0 Å². The van der Waals surface area contributed by atoms with Crippen molar-refractivity contribution in [2.45, 2.75) is 25.9 Å². The van der Waals surface area contributed by atoms with Gasteiger partial charge in [0, 0.05) is 23.2 Å². The Balaban J connectivity index is 1.46. The van der Waals surface area contributed by atoms with Crippen LogP contribution in [0.1, 0.15) is 35.6 Å². The Morgan fingerprint density at radius 2 is 1.82 bits per heavy atom. The van der Waals surface area contributed by atoms with E-state index in [9.17, 15) is 4.79 Å². The molecule has 0 aliphatic heterocycles. The average Bonchev–Trinajstić information content (AvgIpc) is 3.21. The number of hydrogen-bond acceptors (Lipinski definition) is 4. The number of ether oxygens (including phenoxy) is 2. The van der Waals surface area contributed by atoms with E-state index in [2.05, 4.69) is 9.88 Å². The standard InChI is InChI=1S/C26H26ClN3O3/c1-18(28-26(31)19-11-13-20(27)14-12-19)25-29-23-9-3-4-10-24(23)30(25)15-6-16-33-22-8-5-7-21(17-22)32-2/h3-5,7-14,17-18H,6,15-16H2,1-2H3,(H,28,31). The number of rotatable bonds is 9. The zero-order valence-electron chi connectivity index (χ0n) is 18.6. The topological polar surface area (TPSA) is 65.4 Å². The molecule has 1 amide bonds. The van der Waals surface area contributed by atoms with Crippen LogP contribution in [0.5, 0.6) is 11.5 Å². The minimum absolute atomic E-state index is 0.167. The summed E-state index contributed by atoms with van der Waals surface area (Å²) in [6, 6.07) is 22.1. The van der Waals surface area contributed by atoms with Gasteiger partial charge in [0.1, 0.15) is 17.3 Å². The van der Waals surface area contributed by atoms with Crippen molar-refractivity contribution in [3.63, 3.8) is 0 Å². The fourth-order valence-electron chi connectivity index (χ4n) is 3.71. The van der Waals surface area contributed by atoms with Crippen molar-refractivity contribution in [2.75, 3.05) is 13.7 Å². The number of nitrogens with zero attached hydrogens (tertiary/aromatic N) is 2. The number of halogens is 1. The van der Waals surface area contributed by atoms with Gasteiger partial charge in [-0.05, 0) is 61.9 Å². The van der Waals surface area contributed by atoms with Crippen LogP contribution in [0.15, 0.2) is 72.8 Å². The van der Waals surface area contributed by atoms with Gasteiger partial charge >= 0.3 is 0 Å². The van der Waals surface area contributed by atoms with E-state index in [1.54, 1.807) is 31.4 Å². The number of fused-ring (bicyclic) bond motifs is 1. The number of aryl methyl sites for hydroxylation is 1. The maximum absolute atomic E-state index is 12.7. The van der Waals surface area contributed by atoms with Crippen molar-refractivity contribution in [1.82, 2.24) is 14.9 Å². The molecular formula is C26H26ClN3O3. The predicted octanol–water partition coefficient (Wildman–Crippen LogP) is 5.66. The van der Waals surface area contributed by atoms with Gasteiger partial charge < -0.3 is 19.4 Å². The van der Waals surface area contributed by atoms with E-state index in [1.165, 1.54) is 0 Å². The fourth-order valence-corrected chi connectivity index (χ4v) is 3.84. The highest BCUT2D eigenvalue weighted by Crippen LogP contribution is 2.23. The zero-order chi connectivity index (χ0) is 23.2. The number of nitrogens with one attached hydrogen (secondary N) is 1. The van der Waals surface area contributed by atoms with Crippen LogP contribution >= 0.6 is 11.6 Å². The minimum atomic E-state index is -0.278. The van der Waals surface area contributed by atoms with Crippen molar-refractivity contribution in [3.8, 4) is 11.5 Å². The number of carbonyl (C=O) groups is 1. The largest absolute Gasteiger partial charge is 0.497 e. The number of imidazole rings is 1. The Hall–Kier alpha value is -3.51. The molecule has 7 heteroatoms. The van der Waals surface area contributed by atoms with E-state index in [-0.39, 0.29) is 11.9 Å². The van der Waals surface area contributed by atoms with Crippen molar-refractivity contribution in [2.24, 2.45) is 0 Å². The highest BCUT2D eigenvalue weighted by Gasteiger charge is 2.19. The molecule has 1 heterocycles. The second-order valence-corrected chi connectivity index (χ2v) is 8.13. The average molecular weight is 464 g/mol. The third kappa shape index (κ3) is 5.46. The molecule has 0 bridgehead atoms. The Bertz CT molecular complexity index is 1240. The van der Waals surface area contributed by atoms with Crippen LogP contribution in [0.2, 0.25) is 5.02 Å². The van der Waals surface area contributed by atoms with Crippen molar-refractivity contribution >= 4 is 28.5 Å².